The van der Waals surface area contributed by atoms with Crippen molar-refractivity contribution < 1.29 is 4.39 Å². The van der Waals surface area contributed by atoms with E-state index in [1.54, 1.807) is 6.92 Å². The Bertz CT molecular complexity index is 576. The molecule has 146 valence electrons. The van der Waals surface area contributed by atoms with Crippen molar-refractivity contribution in [3.63, 3.8) is 0 Å². The van der Waals surface area contributed by atoms with Crippen molar-refractivity contribution in [2.45, 2.75) is 58.8 Å². The second-order valence-electron chi connectivity index (χ2n) is 8.35. The van der Waals surface area contributed by atoms with Crippen molar-refractivity contribution in [2.24, 2.45) is 11.8 Å². The number of benzene rings is 1. The van der Waals surface area contributed by atoms with Gasteiger partial charge in [-0.15, -0.1) is 0 Å². The molecule has 1 aromatic carbocycles. The number of halogens is 2. The van der Waals surface area contributed by atoms with E-state index in [2.05, 4.69) is 16.7 Å². The molecule has 0 spiro atoms. The molecule has 26 heavy (non-hydrogen) atoms. The van der Waals surface area contributed by atoms with Crippen molar-refractivity contribution in [1.29, 1.82) is 0 Å². The van der Waals surface area contributed by atoms with Crippen LogP contribution in [0, 0.1) is 24.6 Å². The highest BCUT2D eigenvalue weighted by molar-refractivity contribution is 6.33. The van der Waals surface area contributed by atoms with Gasteiger partial charge < -0.3 is 4.90 Å². The highest BCUT2D eigenvalue weighted by atomic mass is 35.5. The van der Waals surface area contributed by atoms with Crippen LogP contribution in [0.5, 0.6) is 0 Å². The molecule has 1 aromatic rings. The fourth-order valence-corrected chi connectivity index (χ4v) is 4.95. The van der Waals surface area contributed by atoms with Crippen LogP contribution < -0.4 is 4.90 Å². The molecule has 1 saturated heterocycles. The van der Waals surface area contributed by atoms with E-state index >= 15 is 0 Å². The lowest BCUT2D eigenvalue weighted by Crippen LogP contribution is -2.47. The van der Waals surface area contributed by atoms with Crippen LogP contribution in [0.25, 0.3) is 0 Å². The number of rotatable bonds is 6. The highest BCUT2D eigenvalue weighted by Crippen LogP contribution is 2.33. The van der Waals surface area contributed by atoms with Crippen molar-refractivity contribution in [1.82, 2.24) is 4.90 Å². The second kappa shape index (κ2) is 9.41. The third kappa shape index (κ3) is 5.13. The lowest BCUT2D eigenvalue weighted by Gasteiger charge is -2.37. The molecule has 0 unspecified atom stereocenters. The molecule has 1 saturated carbocycles. The van der Waals surface area contributed by atoms with Crippen LogP contribution in [0.4, 0.5) is 10.1 Å². The molecule has 0 atom stereocenters. The van der Waals surface area contributed by atoms with Gasteiger partial charge in [-0.25, -0.2) is 4.39 Å². The molecule has 4 heteroatoms. The highest BCUT2D eigenvalue weighted by Gasteiger charge is 2.23. The van der Waals surface area contributed by atoms with E-state index in [0.717, 1.165) is 43.7 Å². The molecule has 0 amide bonds. The van der Waals surface area contributed by atoms with Gasteiger partial charge in [0.05, 0.1) is 10.7 Å². The van der Waals surface area contributed by atoms with E-state index in [1.165, 1.54) is 57.6 Å². The third-order valence-corrected chi connectivity index (χ3v) is 6.76. The van der Waals surface area contributed by atoms with E-state index in [4.69, 9.17) is 11.6 Å². The topological polar surface area (TPSA) is 6.48 Å². The number of aryl methyl sites for hydroxylation is 1. The van der Waals surface area contributed by atoms with Gasteiger partial charge in [0.15, 0.2) is 0 Å². The molecule has 0 N–H and O–H groups in total. The molecule has 2 fully saturated rings. The van der Waals surface area contributed by atoms with E-state index < -0.39 is 0 Å². The number of nitrogens with zero attached hydrogens (tertiary/aromatic N) is 2. The molecule has 1 aliphatic heterocycles. The molecule has 3 rings (SSSR count). The quantitative estimate of drug-likeness (QED) is 0.605. The van der Waals surface area contributed by atoms with E-state index in [-0.39, 0.29) is 5.82 Å². The average molecular weight is 381 g/mol. The van der Waals surface area contributed by atoms with Gasteiger partial charge in [-0.1, -0.05) is 57.0 Å². The van der Waals surface area contributed by atoms with E-state index in [1.807, 2.05) is 6.07 Å². The minimum absolute atomic E-state index is 0.217. The minimum atomic E-state index is -0.217. The Morgan fingerprint density at radius 3 is 2.23 bits per heavy atom. The molecule has 2 nitrogen and oxygen atoms in total. The predicted molar refractivity (Wildman–Crippen MR) is 110 cm³/mol. The van der Waals surface area contributed by atoms with Gasteiger partial charge in [-0.05, 0) is 49.4 Å². The Hall–Kier alpha value is -0.800. The van der Waals surface area contributed by atoms with Crippen LogP contribution in [0.3, 0.4) is 0 Å². The summed E-state index contributed by atoms with van der Waals surface area (Å²) in [5.41, 5.74) is 1.66. The van der Waals surface area contributed by atoms with Gasteiger partial charge in [0, 0.05) is 26.2 Å². The SMILES string of the molecule is CCCC1CCC(CCN2CCN(c3cc(C)c(F)cc3Cl)CC2)CC1. The fourth-order valence-electron chi connectivity index (χ4n) is 4.68. The Labute approximate surface area is 163 Å². The zero-order valence-corrected chi connectivity index (χ0v) is 17.2. The first kappa shape index (κ1) is 19.9. The normalized spacial score (nSPS) is 24.8. The molecule has 0 bridgehead atoms. The monoisotopic (exact) mass is 380 g/mol. The lowest BCUT2D eigenvalue weighted by atomic mass is 9.79. The zero-order chi connectivity index (χ0) is 18.5. The summed E-state index contributed by atoms with van der Waals surface area (Å²) < 4.78 is 13.6. The maximum atomic E-state index is 13.6. The first-order valence-corrected chi connectivity index (χ1v) is 10.9. The number of hydrogen-bond acceptors (Lipinski definition) is 2. The van der Waals surface area contributed by atoms with Gasteiger partial charge in [-0.3, -0.25) is 4.90 Å². The number of anilines is 1. The average Bonchev–Trinajstić information content (AvgIpc) is 2.65. The Morgan fingerprint density at radius 2 is 1.62 bits per heavy atom. The van der Waals surface area contributed by atoms with Crippen LogP contribution in [-0.2, 0) is 0 Å². The Kier molecular flexibility index (Phi) is 7.22. The first-order chi connectivity index (χ1) is 12.6. The zero-order valence-electron chi connectivity index (χ0n) is 16.4. The van der Waals surface area contributed by atoms with Crippen molar-refractivity contribution in [2.75, 3.05) is 37.6 Å². The summed E-state index contributed by atoms with van der Waals surface area (Å²) in [6.07, 6.45) is 9.92. The summed E-state index contributed by atoms with van der Waals surface area (Å²) in [5.74, 6) is 1.73. The van der Waals surface area contributed by atoms with Crippen LogP contribution in [-0.4, -0.2) is 37.6 Å². The molecule has 0 aromatic heterocycles. The van der Waals surface area contributed by atoms with E-state index in [0.29, 0.717) is 10.6 Å². The van der Waals surface area contributed by atoms with Gasteiger partial charge >= 0.3 is 0 Å². The van der Waals surface area contributed by atoms with Crippen LogP contribution >= 0.6 is 11.6 Å². The summed E-state index contributed by atoms with van der Waals surface area (Å²) in [6.45, 7) is 9.47. The number of piperazine rings is 1. The van der Waals surface area contributed by atoms with Gasteiger partial charge in [0.1, 0.15) is 5.82 Å². The Morgan fingerprint density at radius 1 is 1.00 bits per heavy atom. The Balaban J connectivity index is 1.41. The number of hydrogen-bond donors (Lipinski definition) is 0. The summed E-state index contributed by atoms with van der Waals surface area (Å²) >= 11 is 6.27. The maximum Gasteiger partial charge on any atom is 0.127 e. The summed E-state index contributed by atoms with van der Waals surface area (Å²) in [7, 11) is 0. The van der Waals surface area contributed by atoms with Gasteiger partial charge in [-0.2, -0.15) is 0 Å². The van der Waals surface area contributed by atoms with Crippen molar-refractivity contribution >= 4 is 17.3 Å². The molecule has 2 aliphatic rings. The predicted octanol–water partition coefficient (Wildman–Crippen LogP) is 5.91. The molecular formula is C22H34ClFN2. The molecular weight excluding hydrogens is 347 g/mol. The lowest BCUT2D eigenvalue weighted by molar-refractivity contribution is 0.200. The summed E-state index contributed by atoms with van der Waals surface area (Å²) in [6, 6.07) is 3.34. The maximum absolute atomic E-state index is 13.6. The molecule has 0 radical (unpaired) electrons. The first-order valence-electron chi connectivity index (χ1n) is 10.5. The molecule has 1 heterocycles. The van der Waals surface area contributed by atoms with Crippen molar-refractivity contribution in [3.8, 4) is 0 Å². The van der Waals surface area contributed by atoms with Gasteiger partial charge in [0.2, 0.25) is 0 Å². The summed E-state index contributed by atoms with van der Waals surface area (Å²) in [5, 5.41) is 0.533. The third-order valence-electron chi connectivity index (χ3n) is 6.46. The standard InChI is InChI=1S/C22H34ClFN2/c1-3-4-18-5-7-19(8-6-18)9-10-25-11-13-26(14-12-25)22-15-17(2)21(24)16-20(22)23/h15-16,18-19H,3-14H2,1-2H3. The molecule has 1 aliphatic carbocycles. The van der Waals surface area contributed by atoms with Gasteiger partial charge in [0.25, 0.3) is 0 Å². The largest absolute Gasteiger partial charge is 0.368 e. The minimum Gasteiger partial charge on any atom is -0.368 e. The fraction of sp³-hybridized carbons (Fsp3) is 0.727. The van der Waals surface area contributed by atoms with Crippen molar-refractivity contribution in [3.05, 3.63) is 28.5 Å². The van der Waals surface area contributed by atoms with Crippen LogP contribution in [0.1, 0.15) is 57.4 Å². The van der Waals surface area contributed by atoms with E-state index in [9.17, 15) is 4.39 Å². The second-order valence-corrected chi connectivity index (χ2v) is 8.75. The van der Waals surface area contributed by atoms with Crippen LogP contribution in [0.2, 0.25) is 5.02 Å². The smallest absolute Gasteiger partial charge is 0.127 e. The summed E-state index contributed by atoms with van der Waals surface area (Å²) in [4.78, 5) is 4.90. The van der Waals surface area contributed by atoms with Crippen LogP contribution in [0.15, 0.2) is 12.1 Å².